The average Bonchev–Trinajstić information content (AvgIpc) is 2.88. The molecule has 0 saturated heterocycles. The van der Waals surface area contributed by atoms with Gasteiger partial charge in [0, 0.05) is 44.0 Å². The van der Waals surface area contributed by atoms with E-state index in [1.807, 2.05) is 36.7 Å². The summed E-state index contributed by atoms with van der Waals surface area (Å²) in [5.74, 6) is 0.714. The van der Waals surface area contributed by atoms with Gasteiger partial charge >= 0.3 is 0 Å². The first-order valence-corrected chi connectivity index (χ1v) is 12.0. The van der Waals surface area contributed by atoms with E-state index in [-0.39, 0.29) is 5.82 Å². The Hall–Kier alpha value is -3.54. The van der Waals surface area contributed by atoms with Gasteiger partial charge in [-0.1, -0.05) is 48.5 Å². The van der Waals surface area contributed by atoms with Crippen LogP contribution in [0, 0.1) is 5.82 Å². The molecule has 1 aromatic heterocycles. The lowest BCUT2D eigenvalue weighted by atomic mass is 9.97. The van der Waals surface area contributed by atoms with E-state index in [1.54, 1.807) is 6.07 Å². The van der Waals surface area contributed by atoms with Crippen LogP contribution < -0.4 is 4.74 Å². The largest absolute Gasteiger partial charge is 0.491 e. The highest BCUT2D eigenvalue weighted by molar-refractivity contribution is 5.65. The number of rotatable bonds is 3. The van der Waals surface area contributed by atoms with Crippen LogP contribution >= 0.6 is 0 Å². The Balaban J connectivity index is 1.43. The minimum absolute atomic E-state index is 0.170. The van der Waals surface area contributed by atoms with E-state index < -0.39 is 0 Å². The second kappa shape index (κ2) is 11.3. The van der Waals surface area contributed by atoms with Gasteiger partial charge in [-0.05, 0) is 58.1 Å². The molecule has 5 heteroatoms. The van der Waals surface area contributed by atoms with Crippen LogP contribution in [0.3, 0.4) is 0 Å². The second-order valence-electron chi connectivity index (χ2n) is 8.82. The first-order chi connectivity index (χ1) is 17.2. The van der Waals surface area contributed by atoms with Gasteiger partial charge in [0.25, 0.3) is 0 Å². The summed E-state index contributed by atoms with van der Waals surface area (Å²) >= 11 is 0. The van der Waals surface area contributed by atoms with Gasteiger partial charge in [0.1, 0.15) is 18.2 Å². The summed E-state index contributed by atoms with van der Waals surface area (Å²) in [4.78, 5) is 6.37. The number of hydrogen-bond acceptors (Lipinski definition) is 4. The maximum atomic E-state index is 14.3. The standard InChI is InChI=1S/C30H29FN2O2/c31-29-7-2-1-6-27(29)22-33-14-15-34-16-17-35-30-9-8-26(25-10-12-32-13-11-25)20-28(30)19-23-4-3-5-24(18-23)21-33/h1-13,18,20H,14-17,19,21-22H2. The predicted molar refractivity (Wildman–Crippen MR) is 136 cm³/mol. The summed E-state index contributed by atoms with van der Waals surface area (Å²) < 4.78 is 26.3. The van der Waals surface area contributed by atoms with E-state index >= 15 is 0 Å². The Morgan fingerprint density at radius 2 is 1.66 bits per heavy atom. The van der Waals surface area contributed by atoms with Crippen molar-refractivity contribution < 1.29 is 13.9 Å². The monoisotopic (exact) mass is 468 g/mol. The topological polar surface area (TPSA) is 34.6 Å². The number of nitrogens with zero attached hydrogens (tertiary/aromatic N) is 2. The number of halogens is 1. The lowest BCUT2D eigenvalue weighted by Gasteiger charge is -2.24. The molecule has 0 spiro atoms. The predicted octanol–water partition coefficient (Wildman–Crippen LogP) is 5.89. The molecule has 0 fully saturated rings. The minimum atomic E-state index is -0.170. The maximum Gasteiger partial charge on any atom is 0.127 e. The van der Waals surface area contributed by atoms with Gasteiger partial charge < -0.3 is 9.47 Å². The Morgan fingerprint density at radius 3 is 2.54 bits per heavy atom. The zero-order chi connectivity index (χ0) is 23.9. The molecule has 0 atom stereocenters. The molecule has 0 N–H and O–H groups in total. The average molecular weight is 469 g/mol. The Kier molecular flexibility index (Phi) is 7.47. The summed E-state index contributed by atoms with van der Waals surface area (Å²) in [5.41, 5.74) is 6.52. The summed E-state index contributed by atoms with van der Waals surface area (Å²) in [6.07, 6.45) is 4.38. The second-order valence-corrected chi connectivity index (χ2v) is 8.82. The number of hydrogen-bond donors (Lipinski definition) is 0. The Morgan fingerprint density at radius 1 is 0.800 bits per heavy atom. The van der Waals surface area contributed by atoms with Crippen LogP contribution in [0.4, 0.5) is 4.39 Å². The highest BCUT2D eigenvalue weighted by Crippen LogP contribution is 2.29. The molecule has 5 rings (SSSR count). The fraction of sp³-hybridized carbons (Fsp3) is 0.233. The van der Waals surface area contributed by atoms with Crippen molar-refractivity contribution in [1.82, 2.24) is 9.88 Å². The molecular formula is C30H29FN2O2. The molecule has 0 aliphatic carbocycles. The van der Waals surface area contributed by atoms with E-state index in [4.69, 9.17) is 9.47 Å². The van der Waals surface area contributed by atoms with Crippen LogP contribution in [-0.4, -0.2) is 36.2 Å². The van der Waals surface area contributed by atoms with Gasteiger partial charge in [0.05, 0.1) is 13.2 Å². The molecule has 0 radical (unpaired) electrons. The number of pyridine rings is 1. The van der Waals surface area contributed by atoms with Crippen molar-refractivity contribution >= 4 is 0 Å². The van der Waals surface area contributed by atoms with Crippen LogP contribution in [-0.2, 0) is 24.2 Å². The zero-order valence-corrected chi connectivity index (χ0v) is 19.7. The Labute approximate surface area is 206 Å². The summed E-state index contributed by atoms with van der Waals surface area (Å²) in [5, 5.41) is 0. The summed E-state index contributed by atoms with van der Waals surface area (Å²) in [6.45, 7) is 3.52. The van der Waals surface area contributed by atoms with E-state index in [1.165, 1.54) is 17.2 Å². The summed E-state index contributed by atoms with van der Waals surface area (Å²) in [6, 6.07) is 26.0. The quantitative estimate of drug-likeness (QED) is 0.376. The number of ether oxygens (including phenoxy) is 2. The van der Waals surface area contributed by atoms with E-state index in [0.717, 1.165) is 35.4 Å². The lowest BCUT2D eigenvalue weighted by Crippen LogP contribution is -2.28. The van der Waals surface area contributed by atoms with Gasteiger partial charge in [-0.2, -0.15) is 0 Å². The van der Waals surface area contributed by atoms with Gasteiger partial charge in [-0.3, -0.25) is 9.88 Å². The highest BCUT2D eigenvalue weighted by Gasteiger charge is 2.13. The molecule has 4 aromatic rings. The minimum Gasteiger partial charge on any atom is -0.491 e. The third kappa shape index (κ3) is 6.13. The molecule has 1 aliphatic heterocycles. The van der Waals surface area contributed by atoms with E-state index in [0.29, 0.717) is 38.5 Å². The van der Waals surface area contributed by atoms with Crippen molar-refractivity contribution in [1.29, 1.82) is 0 Å². The molecule has 2 heterocycles. The van der Waals surface area contributed by atoms with Crippen molar-refractivity contribution in [2.75, 3.05) is 26.4 Å². The molecule has 4 nitrogen and oxygen atoms in total. The smallest absolute Gasteiger partial charge is 0.127 e. The van der Waals surface area contributed by atoms with Crippen molar-refractivity contribution in [3.63, 3.8) is 0 Å². The third-order valence-electron chi connectivity index (χ3n) is 6.26. The highest BCUT2D eigenvalue weighted by atomic mass is 19.1. The molecule has 3 aromatic carbocycles. The molecule has 178 valence electrons. The SMILES string of the molecule is Fc1ccccc1CN1CCOCCOc2ccc(-c3ccncc3)cc2Cc2cccc(c2)C1. The van der Waals surface area contributed by atoms with Crippen molar-refractivity contribution in [3.8, 4) is 16.9 Å². The maximum absolute atomic E-state index is 14.3. The van der Waals surface area contributed by atoms with Gasteiger partial charge in [0.2, 0.25) is 0 Å². The first kappa shape index (κ1) is 23.2. The van der Waals surface area contributed by atoms with E-state index in [2.05, 4.69) is 52.3 Å². The normalized spacial score (nSPS) is 15.0. The lowest BCUT2D eigenvalue weighted by molar-refractivity contribution is 0.0755. The third-order valence-corrected chi connectivity index (χ3v) is 6.26. The van der Waals surface area contributed by atoms with E-state index in [9.17, 15) is 4.39 Å². The number of benzene rings is 3. The molecule has 35 heavy (non-hydrogen) atoms. The van der Waals surface area contributed by atoms with Crippen molar-refractivity contribution in [2.45, 2.75) is 19.5 Å². The van der Waals surface area contributed by atoms with Crippen molar-refractivity contribution in [3.05, 3.63) is 119 Å². The van der Waals surface area contributed by atoms with Crippen LogP contribution in [0.25, 0.3) is 11.1 Å². The van der Waals surface area contributed by atoms with Crippen LogP contribution in [0.5, 0.6) is 5.75 Å². The molecular weight excluding hydrogens is 439 g/mol. The van der Waals surface area contributed by atoms with Crippen molar-refractivity contribution in [2.24, 2.45) is 0 Å². The van der Waals surface area contributed by atoms with Gasteiger partial charge in [0.15, 0.2) is 0 Å². The van der Waals surface area contributed by atoms with Crippen LogP contribution in [0.2, 0.25) is 0 Å². The summed E-state index contributed by atoms with van der Waals surface area (Å²) in [7, 11) is 0. The van der Waals surface area contributed by atoms with Crippen LogP contribution in [0.1, 0.15) is 22.3 Å². The molecule has 0 unspecified atom stereocenters. The zero-order valence-electron chi connectivity index (χ0n) is 19.7. The molecule has 0 saturated carbocycles. The molecule has 2 bridgehead atoms. The number of fused-ring (bicyclic) bond motifs is 3. The van der Waals surface area contributed by atoms with Gasteiger partial charge in [-0.25, -0.2) is 4.39 Å². The molecule has 0 amide bonds. The van der Waals surface area contributed by atoms with Gasteiger partial charge in [-0.15, -0.1) is 0 Å². The molecule has 1 aliphatic rings. The number of aromatic nitrogens is 1. The first-order valence-electron chi connectivity index (χ1n) is 12.0. The fourth-order valence-corrected chi connectivity index (χ4v) is 4.49. The fourth-order valence-electron chi connectivity index (χ4n) is 4.49. The van der Waals surface area contributed by atoms with Crippen LogP contribution in [0.15, 0.2) is 91.3 Å². The Bertz CT molecular complexity index is 1260.